The molecule has 104 valence electrons. The van der Waals surface area contributed by atoms with E-state index in [4.69, 9.17) is 11.5 Å². The molecule has 5 nitrogen and oxygen atoms in total. The Balaban J connectivity index is 0.00000180. The summed E-state index contributed by atoms with van der Waals surface area (Å²) in [7, 11) is 1.95. The fourth-order valence-electron chi connectivity index (χ4n) is 1.76. The Labute approximate surface area is 130 Å². The molecule has 0 atom stereocenters. The average Bonchev–Trinajstić information content (AvgIpc) is 3.19. The van der Waals surface area contributed by atoms with Gasteiger partial charge in [-0.25, -0.2) is 4.99 Å². The van der Waals surface area contributed by atoms with Crippen molar-refractivity contribution < 1.29 is 4.79 Å². The van der Waals surface area contributed by atoms with E-state index in [2.05, 4.69) is 4.99 Å². The third-order valence-electron chi connectivity index (χ3n) is 3.09. The quantitative estimate of drug-likeness (QED) is 0.474. The van der Waals surface area contributed by atoms with Crippen LogP contribution in [0.1, 0.15) is 28.8 Å². The molecule has 0 spiro atoms. The number of rotatable bonds is 4. The van der Waals surface area contributed by atoms with Crippen LogP contribution in [0, 0.1) is 0 Å². The molecule has 0 bridgehead atoms. The molecule has 19 heavy (non-hydrogen) atoms. The summed E-state index contributed by atoms with van der Waals surface area (Å²) < 4.78 is 0. The third-order valence-corrected chi connectivity index (χ3v) is 3.09. The number of carbonyl (C=O) groups excluding carboxylic acids is 1. The summed E-state index contributed by atoms with van der Waals surface area (Å²) in [5.41, 5.74) is 12.5. The monoisotopic (exact) mass is 374 g/mol. The lowest BCUT2D eigenvalue weighted by atomic mass is 10.1. The van der Waals surface area contributed by atoms with Crippen LogP contribution < -0.4 is 11.5 Å². The van der Waals surface area contributed by atoms with Crippen molar-refractivity contribution in [3.05, 3.63) is 35.4 Å². The number of hydrogen-bond acceptors (Lipinski definition) is 2. The molecule has 2 rings (SSSR count). The second kappa shape index (κ2) is 6.74. The summed E-state index contributed by atoms with van der Waals surface area (Å²) in [6, 6.07) is 7.68. The van der Waals surface area contributed by atoms with E-state index in [0.29, 0.717) is 24.1 Å². The Morgan fingerprint density at radius 2 is 2.11 bits per heavy atom. The Morgan fingerprint density at radius 3 is 2.68 bits per heavy atom. The lowest BCUT2D eigenvalue weighted by molar-refractivity contribution is 0.1000. The minimum Gasteiger partial charge on any atom is -0.370 e. The predicted octanol–water partition coefficient (Wildman–Crippen LogP) is 1.31. The van der Waals surface area contributed by atoms with Crippen LogP contribution in [0.15, 0.2) is 29.3 Å². The molecule has 0 aromatic heterocycles. The van der Waals surface area contributed by atoms with E-state index in [-0.39, 0.29) is 24.0 Å². The van der Waals surface area contributed by atoms with E-state index in [0.717, 1.165) is 5.56 Å². The SMILES string of the molecule is CN(C(N)=NCc1cccc(C(N)=O)c1)C1CC1.I. The molecule has 0 heterocycles. The maximum atomic E-state index is 11.1. The molecule has 1 aliphatic carbocycles. The first kappa shape index (κ1) is 15.7. The summed E-state index contributed by atoms with van der Waals surface area (Å²) in [4.78, 5) is 17.4. The Hall–Kier alpha value is -1.31. The summed E-state index contributed by atoms with van der Waals surface area (Å²) in [6.07, 6.45) is 2.37. The first-order chi connectivity index (χ1) is 8.58. The number of benzene rings is 1. The molecule has 6 heteroatoms. The van der Waals surface area contributed by atoms with Gasteiger partial charge in [0, 0.05) is 18.7 Å². The van der Waals surface area contributed by atoms with Crippen molar-refractivity contribution in [2.24, 2.45) is 16.5 Å². The van der Waals surface area contributed by atoms with E-state index >= 15 is 0 Å². The first-order valence-electron chi connectivity index (χ1n) is 5.99. The van der Waals surface area contributed by atoms with Crippen molar-refractivity contribution in [3.8, 4) is 0 Å². The zero-order chi connectivity index (χ0) is 13.1. The van der Waals surface area contributed by atoms with Gasteiger partial charge in [-0.15, -0.1) is 24.0 Å². The smallest absolute Gasteiger partial charge is 0.248 e. The van der Waals surface area contributed by atoms with Crippen molar-refractivity contribution in [1.29, 1.82) is 0 Å². The van der Waals surface area contributed by atoms with Gasteiger partial charge in [-0.2, -0.15) is 0 Å². The van der Waals surface area contributed by atoms with Gasteiger partial charge >= 0.3 is 0 Å². The number of halogens is 1. The Kier molecular flexibility index (Phi) is 5.59. The molecule has 0 saturated heterocycles. The standard InChI is InChI=1S/C13H18N4O.HI/c1-17(11-5-6-11)13(15)16-8-9-3-2-4-10(7-9)12(14)18;/h2-4,7,11H,5-6,8H2,1H3,(H2,14,18)(H2,15,16);1H. The third kappa shape index (κ3) is 4.38. The van der Waals surface area contributed by atoms with Crippen LogP contribution in [0.4, 0.5) is 0 Å². The van der Waals surface area contributed by atoms with Gasteiger partial charge in [0.25, 0.3) is 0 Å². The highest BCUT2D eigenvalue weighted by atomic mass is 127. The number of nitrogens with two attached hydrogens (primary N) is 2. The molecule has 1 amide bonds. The zero-order valence-electron chi connectivity index (χ0n) is 10.9. The molecular formula is C13H19IN4O. The van der Waals surface area contributed by atoms with Gasteiger partial charge in [0.1, 0.15) is 0 Å². The number of guanidine groups is 1. The summed E-state index contributed by atoms with van der Waals surface area (Å²) in [5, 5.41) is 0. The molecule has 0 aliphatic heterocycles. The molecule has 4 N–H and O–H groups in total. The van der Waals surface area contributed by atoms with Crippen LogP contribution >= 0.6 is 24.0 Å². The highest BCUT2D eigenvalue weighted by Crippen LogP contribution is 2.24. The fourth-order valence-corrected chi connectivity index (χ4v) is 1.76. The zero-order valence-corrected chi connectivity index (χ0v) is 13.2. The molecule has 1 aromatic rings. The molecule has 1 fully saturated rings. The van der Waals surface area contributed by atoms with E-state index in [9.17, 15) is 4.79 Å². The van der Waals surface area contributed by atoms with Gasteiger partial charge in [0.15, 0.2) is 5.96 Å². The van der Waals surface area contributed by atoms with Gasteiger partial charge in [0.05, 0.1) is 6.54 Å². The lowest BCUT2D eigenvalue weighted by Gasteiger charge is -2.16. The number of carbonyl (C=O) groups is 1. The van der Waals surface area contributed by atoms with Gasteiger partial charge < -0.3 is 16.4 Å². The van der Waals surface area contributed by atoms with Crippen molar-refractivity contribution in [2.45, 2.75) is 25.4 Å². The predicted molar refractivity (Wildman–Crippen MR) is 86.5 cm³/mol. The Morgan fingerprint density at radius 1 is 1.42 bits per heavy atom. The van der Waals surface area contributed by atoms with Crippen LogP contribution in [0.25, 0.3) is 0 Å². The van der Waals surface area contributed by atoms with Crippen LogP contribution in [0.5, 0.6) is 0 Å². The molecular weight excluding hydrogens is 355 g/mol. The minimum atomic E-state index is -0.427. The number of amides is 1. The fraction of sp³-hybridized carbons (Fsp3) is 0.385. The summed E-state index contributed by atoms with van der Waals surface area (Å²) in [6.45, 7) is 0.462. The van der Waals surface area contributed by atoms with Crippen molar-refractivity contribution in [2.75, 3.05) is 7.05 Å². The second-order valence-electron chi connectivity index (χ2n) is 4.58. The number of aliphatic imine (C=N–C) groups is 1. The van der Waals surface area contributed by atoms with Crippen LogP contribution in [0.2, 0.25) is 0 Å². The van der Waals surface area contributed by atoms with Gasteiger partial charge in [0.2, 0.25) is 5.91 Å². The minimum absolute atomic E-state index is 0. The first-order valence-corrected chi connectivity index (χ1v) is 5.99. The Bertz CT molecular complexity index is 485. The normalized spacial score (nSPS) is 14.7. The van der Waals surface area contributed by atoms with Crippen LogP contribution in [-0.2, 0) is 6.54 Å². The van der Waals surface area contributed by atoms with Gasteiger partial charge in [-0.05, 0) is 30.5 Å². The molecule has 0 unspecified atom stereocenters. The van der Waals surface area contributed by atoms with E-state index in [1.165, 1.54) is 12.8 Å². The van der Waals surface area contributed by atoms with E-state index < -0.39 is 5.91 Å². The number of nitrogens with zero attached hydrogens (tertiary/aromatic N) is 2. The number of hydrogen-bond donors (Lipinski definition) is 2. The topological polar surface area (TPSA) is 84.7 Å². The van der Waals surface area contributed by atoms with Gasteiger partial charge in [-0.3, -0.25) is 4.79 Å². The summed E-state index contributed by atoms with van der Waals surface area (Å²) in [5.74, 6) is 0.117. The summed E-state index contributed by atoms with van der Waals surface area (Å²) >= 11 is 0. The van der Waals surface area contributed by atoms with Crippen molar-refractivity contribution in [3.63, 3.8) is 0 Å². The molecule has 0 radical (unpaired) electrons. The average molecular weight is 374 g/mol. The van der Waals surface area contributed by atoms with Crippen LogP contribution in [-0.4, -0.2) is 29.9 Å². The highest BCUT2D eigenvalue weighted by molar-refractivity contribution is 14.0. The molecule has 1 aromatic carbocycles. The largest absolute Gasteiger partial charge is 0.370 e. The molecule has 1 aliphatic rings. The maximum Gasteiger partial charge on any atom is 0.248 e. The molecule has 1 saturated carbocycles. The van der Waals surface area contributed by atoms with Crippen molar-refractivity contribution >= 4 is 35.8 Å². The van der Waals surface area contributed by atoms with Crippen LogP contribution in [0.3, 0.4) is 0 Å². The highest BCUT2D eigenvalue weighted by Gasteiger charge is 2.27. The van der Waals surface area contributed by atoms with E-state index in [1.54, 1.807) is 18.2 Å². The maximum absolute atomic E-state index is 11.1. The lowest BCUT2D eigenvalue weighted by Crippen LogP contribution is -2.35. The number of primary amides is 1. The van der Waals surface area contributed by atoms with Crippen molar-refractivity contribution in [1.82, 2.24) is 4.90 Å². The van der Waals surface area contributed by atoms with E-state index in [1.807, 2.05) is 18.0 Å². The van der Waals surface area contributed by atoms with Gasteiger partial charge in [-0.1, -0.05) is 12.1 Å². The second-order valence-corrected chi connectivity index (χ2v) is 4.58.